The first-order valence-electron chi connectivity index (χ1n) is 8.01. The summed E-state index contributed by atoms with van der Waals surface area (Å²) in [7, 11) is 0. The number of carbonyl (C=O) groups excluding carboxylic acids is 1. The van der Waals surface area contributed by atoms with Crippen LogP contribution in [0, 0.1) is 29.0 Å². The minimum absolute atomic E-state index is 0.114. The number of anilines is 2. The molecule has 4 bridgehead atoms. The van der Waals surface area contributed by atoms with Gasteiger partial charge in [0.2, 0.25) is 5.91 Å². The molecule has 1 spiro atoms. The van der Waals surface area contributed by atoms with Crippen molar-refractivity contribution in [1.29, 1.82) is 0 Å². The van der Waals surface area contributed by atoms with Gasteiger partial charge in [-0.1, -0.05) is 0 Å². The Morgan fingerprint density at radius 2 is 1.86 bits per heavy atom. The summed E-state index contributed by atoms with van der Waals surface area (Å²) in [5.41, 5.74) is 1.20. The van der Waals surface area contributed by atoms with Crippen molar-refractivity contribution in [2.24, 2.45) is 23.2 Å². The average molecular weight is 286 g/mol. The maximum Gasteiger partial charge on any atom is 0.232 e. The zero-order valence-corrected chi connectivity index (χ0v) is 11.9. The van der Waals surface area contributed by atoms with E-state index in [1.54, 1.807) is 6.07 Å². The van der Waals surface area contributed by atoms with Crippen molar-refractivity contribution in [1.82, 2.24) is 0 Å². The van der Waals surface area contributed by atoms with Crippen LogP contribution in [-0.2, 0) is 4.79 Å². The molecule has 1 heterocycles. The molecule has 3 unspecified atom stereocenters. The van der Waals surface area contributed by atoms with Crippen LogP contribution in [0.4, 0.5) is 15.8 Å². The smallest absolute Gasteiger partial charge is 0.232 e. The molecule has 4 aliphatic carbocycles. The van der Waals surface area contributed by atoms with Crippen molar-refractivity contribution in [3.05, 3.63) is 24.0 Å². The van der Waals surface area contributed by atoms with Gasteiger partial charge in [0.15, 0.2) is 0 Å². The molecule has 1 aromatic rings. The monoisotopic (exact) mass is 286 g/mol. The molecule has 1 amide bonds. The van der Waals surface area contributed by atoms with Gasteiger partial charge < -0.3 is 10.6 Å². The molecule has 2 N–H and O–H groups in total. The molecule has 110 valence electrons. The van der Waals surface area contributed by atoms with Gasteiger partial charge in [-0.25, -0.2) is 4.39 Å². The Morgan fingerprint density at radius 1 is 1.10 bits per heavy atom. The summed E-state index contributed by atoms with van der Waals surface area (Å²) in [6.45, 7) is 0. The van der Waals surface area contributed by atoms with E-state index < -0.39 is 0 Å². The van der Waals surface area contributed by atoms with Gasteiger partial charge >= 0.3 is 0 Å². The molecule has 0 aromatic heterocycles. The molecule has 1 aromatic carbocycles. The van der Waals surface area contributed by atoms with E-state index in [1.165, 1.54) is 31.4 Å². The summed E-state index contributed by atoms with van der Waals surface area (Å²) >= 11 is 0. The van der Waals surface area contributed by atoms with Crippen molar-refractivity contribution in [2.45, 2.75) is 38.1 Å². The van der Waals surface area contributed by atoms with Gasteiger partial charge in [0.1, 0.15) is 5.82 Å². The number of amides is 1. The summed E-state index contributed by atoms with van der Waals surface area (Å²) in [5, 5.41) is 6.61. The molecule has 4 fully saturated rings. The lowest BCUT2D eigenvalue weighted by Gasteiger charge is -2.59. The molecule has 1 aliphatic heterocycles. The van der Waals surface area contributed by atoms with Crippen LogP contribution in [0.1, 0.15) is 32.1 Å². The highest BCUT2D eigenvalue weighted by Crippen LogP contribution is 2.61. The van der Waals surface area contributed by atoms with E-state index in [0.29, 0.717) is 23.4 Å². The fraction of sp³-hybridized carbons (Fsp3) is 0.588. The summed E-state index contributed by atoms with van der Waals surface area (Å²) in [5.74, 6) is 1.83. The third-order valence-electron chi connectivity index (χ3n) is 6.30. The number of fused-ring (bicyclic) bond motifs is 1. The Bertz CT molecular complexity index is 630. The first-order chi connectivity index (χ1) is 10.1. The number of hydrogen-bond acceptors (Lipinski definition) is 2. The van der Waals surface area contributed by atoms with Crippen LogP contribution >= 0.6 is 0 Å². The van der Waals surface area contributed by atoms with Gasteiger partial charge in [-0.3, -0.25) is 4.79 Å². The molecule has 4 heteroatoms. The van der Waals surface area contributed by atoms with Gasteiger partial charge in [-0.2, -0.15) is 0 Å². The Kier molecular flexibility index (Phi) is 2.17. The average Bonchev–Trinajstić information content (AvgIpc) is 2.54. The zero-order chi connectivity index (χ0) is 14.2. The van der Waals surface area contributed by atoms with E-state index in [4.69, 9.17) is 0 Å². The molecule has 5 aliphatic rings. The maximum absolute atomic E-state index is 13.5. The maximum atomic E-state index is 13.5. The highest BCUT2D eigenvalue weighted by atomic mass is 19.1. The SMILES string of the molecule is O=C1Nc2cc(F)ccc2NC2C3CC4CC(C3)CC12C4. The van der Waals surface area contributed by atoms with Crippen molar-refractivity contribution in [3.63, 3.8) is 0 Å². The Hall–Kier alpha value is -1.58. The third kappa shape index (κ3) is 1.51. The molecule has 0 saturated heterocycles. The quantitative estimate of drug-likeness (QED) is 0.767. The highest BCUT2D eigenvalue weighted by molar-refractivity contribution is 6.00. The molecule has 21 heavy (non-hydrogen) atoms. The van der Waals surface area contributed by atoms with Gasteiger partial charge in [0.05, 0.1) is 16.8 Å². The second-order valence-electron chi connectivity index (χ2n) is 7.53. The van der Waals surface area contributed by atoms with Gasteiger partial charge in [0, 0.05) is 6.04 Å². The van der Waals surface area contributed by atoms with E-state index in [9.17, 15) is 9.18 Å². The fourth-order valence-electron chi connectivity index (χ4n) is 5.78. The number of rotatable bonds is 0. The standard InChI is InChI=1S/C17H19FN2O/c18-12-1-2-13-14(6-12)20-16(21)17-7-9-3-10(8-17)5-11(4-9)15(17)19-13/h1-2,6,9-11,15,19H,3-5,7-8H2,(H,20,21). The first-order valence-corrected chi connectivity index (χ1v) is 8.01. The Labute approximate surface area is 123 Å². The van der Waals surface area contributed by atoms with Crippen LogP contribution in [0.5, 0.6) is 0 Å². The molecule has 3 nitrogen and oxygen atoms in total. The number of hydrogen-bond donors (Lipinski definition) is 2. The Morgan fingerprint density at radius 3 is 2.62 bits per heavy atom. The van der Waals surface area contributed by atoms with Gasteiger partial charge in [0.25, 0.3) is 0 Å². The Balaban J connectivity index is 1.64. The predicted molar refractivity (Wildman–Crippen MR) is 78.4 cm³/mol. The van der Waals surface area contributed by atoms with Crippen molar-refractivity contribution in [2.75, 3.05) is 10.6 Å². The minimum Gasteiger partial charge on any atom is -0.379 e. The van der Waals surface area contributed by atoms with Crippen LogP contribution in [0.25, 0.3) is 0 Å². The normalized spacial score (nSPS) is 42.6. The van der Waals surface area contributed by atoms with E-state index in [2.05, 4.69) is 10.6 Å². The van der Waals surface area contributed by atoms with Crippen LogP contribution in [0.3, 0.4) is 0 Å². The number of benzene rings is 1. The topological polar surface area (TPSA) is 41.1 Å². The lowest BCUT2D eigenvalue weighted by atomic mass is 9.47. The number of carbonyl (C=O) groups is 1. The van der Waals surface area contributed by atoms with Gasteiger partial charge in [-0.15, -0.1) is 0 Å². The van der Waals surface area contributed by atoms with Crippen LogP contribution in [0.2, 0.25) is 0 Å². The lowest BCUT2D eigenvalue weighted by Crippen LogP contribution is -2.62. The van der Waals surface area contributed by atoms with E-state index in [1.807, 2.05) is 0 Å². The number of nitrogens with one attached hydrogen (secondary N) is 2. The molecule has 3 atom stereocenters. The van der Waals surface area contributed by atoms with Crippen molar-refractivity contribution >= 4 is 17.3 Å². The van der Waals surface area contributed by atoms with E-state index in [0.717, 1.165) is 18.5 Å². The largest absolute Gasteiger partial charge is 0.379 e. The van der Waals surface area contributed by atoms with E-state index in [-0.39, 0.29) is 23.2 Å². The number of halogens is 1. The molecule has 0 radical (unpaired) electrons. The molecular formula is C17H19FN2O. The predicted octanol–water partition coefficient (Wildman–Crippen LogP) is 3.38. The molecular weight excluding hydrogens is 267 g/mol. The van der Waals surface area contributed by atoms with Crippen molar-refractivity contribution < 1.29 is 9.18 Å². The molecule has 6 rings (SSSR count). The van der Waals surface area contributed by atoms with Crippen LogP contribution < -0.4 is 10.6 Å². The van der Waals surface area contributed by atoms with Gasteiger partial charge in [-0.05, 0) is 68.1 Å². The summed E-state index contributed by atoms with van der Waals surface area (Å²) in [6, 6.07) is 4.87. The minimum atomic E-state index is -0.302. The van der Waals surface area contributed by atoms with E-state index >= 15 is 0 Å². The van der Waals surface area contributed by atoms with Crippen molar-refractivity contribution in [3.8, 4) is 0 Å². The lowest BCUT2D eigenvalue weighted by molar-refractivity contribution is -0.142. The van der Waals surface area contributed by atoms with Crippen LogP contribution in [0.15, 0.2) is 18.2 Å². The third-order valence-corrected chi connectivity index (χ3v) is 6.30. The summed E-state index contributed by atoms with van der Waals surface area (Å²) in [6.07, 6.45) is 5.80. The second-order valence-corrected chi connectivity index (χ2v) is 7.53. The first kappa shape index (κ1) is 12.0. The highest BCUT2D eigenvalue weighted by Gasteiger charge is 2.61. The second kappa shape index (κ2) is 3.79. The zero-order valence-electron chi connectivity index (χ0n) is 11.9. The fourth-order valence-corrected chi connectivity index (χ4v) is 5.78. The summed E-state index contributed by atoms with van der Waals surface area (Å²) < 4.78 is 13.5. The molecule has 4 saturated carbocycles. The summed E-state index contributed by atoms with van der Waals surface area (Å²) in [4.78, 5) is 12.9. The van der Waals surface area contributed by atoms with Crippen LogP contribution in [-0.4, -0.2) is 11.9 Å².